The summed E-state index contributed by atoms with van der Waals surface area (Å²) < 4.78 is 16.3. The molecule has 0 aliphatic heterocycles. The van der Waals surface area contributed by atoms with Gasteiger partial charge >= 0.3 is 5.97 Å². The summed E-state index contributed by atoms with van der Waals surface area (Å²) in [6.45, 7) is 1.70. The normalized spacial score (nSPS) is 10.4. The molecule has 0 bridgehead atoms. The molecular weight excluding hydrogens is 276 g/mol. The molecule has 0 aliphatic carbocycles. The maximum absolute atomic E-state index is 12.5. The quantitative estimate of drug-likeness (QED) is 0.764. The minimum absolute atomic E-state index is 0.247. The Morgan fingerprint density at radius 3 is 2.67 bits per heavy atom. The van der Waals surface area contributed by atoms with Crippen LogP contribution in [0.15, 0.2) is 23.1 Å². The lowest BCUT2D eigenvalue weighted by atomic mass is 10.1. The van der Waals surface area contributed by atoms with E-state index in [9.17, 15) is 9.59 Å². The zero-order chi connectivity index (χ0) is 15.4. The molecule has 7 nitrogen and oxygen atoms in total. The highest BCUT2D eigenvalue weighted by molar-refractivity contribution is 5.89. The molecule has 0 fully saturated rings. The van der Waals surface area contributed by atoms with Gasteiger partial charge in [0.2, 0.25) is 0 Å². The van der Waals surface area contributed by atoms with E-state index < -0.39 is 11.5 Å². The number of hydrogen-bond acceptors (Lipinski definition) is 6. The maximum atomic E-state index is 12.5. The molecule has 2 rings (SSSR count). The topological polar surface area (TPSA) is 79.7 Å². The van der Waals surface area contributed by atoms with Crippen molar-refractivity contribution in [3.8, 4) is 11.5 Å². The predicted molar refractivity (Wildman–Crippen MR) is 75.7 cm³/mol. The maximum Gasteiger partial charge on any atom is 0.327 e. The van der Waals surface area contributed by atoms with Gasteiger partial charge in [0.1, 0.15) is 6.54 Å². The summed E-state index contributed by atoms with van der Waals surface area (Å²) in [6.07, 6.45) is 1.50. The van der Waals surface area contributed by atoms with E-state index in [1.807, 2.05) is 0 Å². The molecule has 0 saturated heterocycles. The number of benzene rings is 1. The van der Waals surface area contributed by atoms with E-state index in [0.29, 0.717) is 22.3 Å². The molecule has 21 heavy (non-hydrogen) atoms. The molecule has 0 radical (unpaired) electrons. The van der Waals surface area contributed by atoms with Gasteiger partial charge in [-0.15, -0.1) is 0 Å². The molecule has 112 valence electrons. The van der Waals surface area contributed by atoms with Crippen LogP contribution in [0, 0.1) is 0 Å². The van der Waals surface area contributed by atoms with Crippen LogP contribution in [-0.4, -0.2) is 36.6 Å². The van der Waals surface area contributed by atoms with Gasteiger partial charge in [0.25, 0.3) is 5.56 Å². The Hall–Kier alpha value is -2.57. The van der Waals surface area contributed by atoms with Crippen LogP contribution < -0.4 is 15.0 Å². The molecule has 0 aliphatic rings. The van der Waals surface area contributed by atoms with Crippen LogP contribution in [-0.2, 0) is 16.1 Å². The average molecular weight is 292 g/mol. The number of rotatable bonds is 5. The highest BCUT2D eigenvalue weighted by Crippen LogP contribution is 2.32. The number of carbonyl (C=O) groups is 1. The van der Waals surface area contributed by atoms with Gasteiger partial charge in [-0.25, -0.2) is 4.68 Å². The number of hydrogen-bond donors (Lipinski definition) is 0. The second-order valence-electron chi connectivity index (χ2n) is 4.18. The van der Waals surface area contributed by atoms with Crippen molar-refractivity contribution in [1.29, 1.82) is 0 Å². The summed E-state index contributed by atoms with van der Waals surface area (Å²) in [6, 6.07) is 3.40. The Morgan fingerprint density at radius 1 is 1.29 bits per heavy atom. The fraction of sp³-hybridized carbons (Fsp3) is 0.357. The average Bonchev–Trinajstić information content (AvgIpc) is 2.49. The van der Waals surface area contributed by atoms with E-state index >= 15 is 0 Å². The van der Waals surface area contributed by atoms with Gasteiger partial charge in [0.05, 0.1) is 32.4 Å². The summed E-state index contributed by atoms with van der Waals surface area (Å²) in [5.41, 5.74) is -0.434. The van der Waals surface area contributed by atoms with Crippen LogP contribution in [0.5, 0.6) is 11.5 Å². The molecule has 1 aromatic carbocycles. The van der Waals surface area contributed by atoms with Crippen LogP contribution in [0.2, 0.25) is 0 Å². The summed E-state index contributed by atoms with van der Waals surface area (Å²) >= 11 is 0. The number of esters is 1. The van der Waals surface area contributed by atoms with Gasteiger partial charge in [-0.05, 0) is 19.1 Å². The van der Waals surface area contributed by atoms with Gasteiger partial charge in [0, 0.05) is 5.39 Å². The number of fused-ring (bicyclic) bond motifs is 1. The first-order valence-corrected chi connectivity index (χ1v) is 6.38. The van der Waals surface area contributed by atoms with E-state index in [4.69, 9.17) is 14.2 Å². The molecule has 0 unspecified atom stereocenters. The number of aromatic nitrogens is 2. The molecule has 1 heterocycles. The molecule has 0 atom stereocenters. The largest absolute Gasteiger partial charge is 0.493 e. The smallest absolute Gasteiger partial charge is 0.327 e. The van der Waals surface area contributed by atoms with Crippen molar-refractivity contribution in [3.05, 3.63) is 28.7 Å². The summed E-state index contributed by atoms with van der Waals surface area (Å²) in [7, 11) is 2.94. The molecule has 0 amide bonds. The molecule has 2 aromatic rings. The first kappa shape index (κ1) is 14.8. The predicted octanol–water partition coefficient (Wildman–Crippen LogP) is 0.977. The van der Waals surface area contributed by atoms with E-state index in [1.54, 1.807) is 19.1 Å². The Morgan fingerprint density at radius 2 is 2.05 bits per heavy atom. The van der Waals surface area contributed by atoms with E-state index in [-0.39, 0.29) is 13.2 Å². The third-order valence-corrected chi connectivity index (χ3v) is 2.95. The van der Waals surface area contributed by atoms with Crippen molar-refractivity contribution >= 4 is 16.7 Å². The summed E-state index contributed by atoms with van der Waals surface area (Å²) in [5.74, 6) is 0.240. The Kier molecular flexibility index (Phi) is 4.42. The van der Waals surface area contributed by atoms with Crippen LogP contribution in [0.25, 0.3) is 10.8 Å². The van der Waals surface area contributed by atoms with Crippen molar-refractivity contribution in [2.75, 3.05) is 20.8 Å². The molecule has 0 spiro atoms. The number of ether oxygens (including phenoxy) is 3. The minimum atomic E-state index is -0.520. The van der Waals surface area contributed by atoms with Gasteiger partial charge in [-0.1, -0.05) is 0 Å². The SMILES string of the molecule is CCOC(=O)Cn1ncc2ccc(OC)c(OC)c2c1=O. The highest BCUT2D eigenvalue weighted by Gasteiger charge is 2.16. The third kappa shape index (κ3) is 2.81. The van der Waals surface area contributed by atoms with E-state index in [1.165, 1.54) is 20.4 Å². The second kappa shape index (κ2) is 6.25. The number of carbonyl (C=O) groups excluding carboxylic acids is 1. The van der Waals surface area contributed by atoms with Crippen LogP contribution in [0.4, 0.5) is 0 Å². The van der Waals surface area contributed by atoms with Crippen molar-refractivity contribution in [2.24, 2.45) is 0 Å². The van der Waals surface area contributed by atoms with E-state index in [0.717, 1.165) is 4.68 Å². The van der Waals surface area contributed by atoms with Crippen LogP contribution in [0.3, 0.4) is 0 Å². The summed E-state index contributed by atoms with van der Waals surface area (Å²) in [5, 5.41) is 4.89. The molecule has 7 heteroatoms. The summed E-state index contributed by atoms with van der Waals surface area (Å²) in [4.78, 5) is 24.0. The fourth-order valence-electron chi connectivity index (χ4n) is 2.03. The lowest BCUT2D eigenvalue weighted by Gasteiger charge is -2.11. The van der Waals surface area contributed by atoms with Gasteiger partial charge in [-0.2, -0.15) is 5.10 Å². The molecule has 1 aromatic heterocycles. The first-order chi connectivity index (χ1) is 10.1. The monoisotopic (exact) mass is 292 g/mol. The van der Waals surface area contributed by atoms with Crippen molar-refractivity contribution in [3.63, 3.8) is 0 Å². The van der Waals surface area contributed by atoms with Crippen molar-refractivity contribution in [1.82, 2.24) is 9.78 Å². The van der Waals surface area contributed by atoms with Gasteiger partial charge < -0.3 is 14.2 Å². The standard InChI is InChI=1S/C14H16N2O5/c1-4-21-11(17)8-16-14(18)12-9(7-15-16)5-6-10(19-2)13(12)20-3/h5-7H,4,8H2,1-3H3. The third-order valence-electron chi connectivity index (χ3n) is 2.95. The lowest BCUT2D eigenvalue weighted by Crippen LogP contribution is -2.27. The zero-order valence-electron chi connectivity index (χ0n) is 12.1. The minimum Gasteiger partial charge on any atom is -0.493 e. The fourth-order valence-corrected chi connectivity index (χ4v) is 2.03. The first-order valence-electron chi connectivity index (χ1n) is 6.38. The number of nitrogens with zero attached hydrogens (tertiary/aromatic N) is 2. The Bertz CT molecular complexity index is 723. The Labute approximate surface area is 121 Å². The van der Waals surface area contributed by atoms with Crippen LogP contribution in [0.1, 0.15) is 6.92 Å². The van der Waals surface area contributed by atoms with Crippen molar-refractivity contribution < 1.29 is 19.0 Å². The number of methoxy groups -OCH3 is 2. The molecule has 0 N–H and O–H groups in total. The van der Waals surface area contributed by atoms with Crippen molar-refractivity contribution in [2.45, 2.75) is 13.5 Å². The lowest BCUT2D eigenvalue weighted by molar-refractivity contribution is -0.144. The van der Waals surface area contributed by atoms with E-state index in [2.05, 4.69) is 5.10 Å². The highest BCUT2D eigenvalue weighted by atomic mass is 16.5. The Balaban J connectivity index is 2.59. The zero-order valence-corrected chi connectivity index (χ0v) is 12.1. The van der Waals surface area contributed by atoms with Gasteiger partial charge in [-0.3, -0.25) is 9.59 Å². The van der Waals surface area contributed by atoms with Gasteiger partial charge in [0.15, 0.2) is 11.5 Å². The van der Waals surface area contributed by atoms with Crippen LogP contribution >= 0.6 is 0 Å². The molecular formula is C14H16N2O5. The second-order valence-corrected chi connectivity index (χ2v) is 4.18. The molecule has 0 saturated carbocycles.